The smallest absolute Gasteiger partial charge is 0.264 e. The minimum Gasteiger partial charge on any atom is -0.482 e. The molecule has 0 saturated carbocycles. The molecule has 1 N–H and O–H groups in total. The van der Waals surface area contributed by atoms with Crippen molar-refractivity contribution in [2.45, 2.75) is 10.1 Å². The zero-order chi connectivity index (χ0) is 20.8. The van der Waals surface area contributed by atoms with Gasteiger partial charge in [-0.15, -0.1) is 10.2 Å². The summed E-state index contributed by atoms with van der Waals surface area (Å²) in [6, 6.07) is 12.3. The number of thioether (sulfide) groups is 1. The summed E-state index contributed by atoms with van der Waals surface area (Å²) in [5, 5.41) is 20.6. The summed E-state index contributed by atoms with van der Waals surface area (Å²) < 4.78 is 6.09. The molecular weight excluding hydrogens is 475 g/mol. The second-order valence-corrected chi connectivity index (χ2v) is 8.93. The SMILES string of the molecule is N#Cc1ccc(CSc2nnc(NC(=O)COc3cc(Cl)c(Cl)cc3Cl)s2)cc1. The van der Waals surface area contributed by atoms with Crippen LogP contribution in [0, 0.1) is 11.3 Å². The van der Waals surface area contributed by atoms with Gasteiger partial charge < -0.3 is 4.74 Å². The van der Waals surface area contributed by atoms with Gasteiger partial charge in [-0.05, 0) is 23.8 Å². The first-order chi connectivity index (χ1) is 13.9. The third kappa shape index (κ3) is 6.23. The Morgan fingerprint density at radius 2 is 1.86 bits per heavy atom. The lowest BCUT2D eigenvalue weighted by atomic mass is 10.2. The average molecular weight is 486 g/mol. The van der Waals surface area contributed by atoms with Crippen molar-refractivity contribution in [2.24, 2.45) is 0 Å². The molecule has 0 fully saturated rings. The Labute approximate surface area is 189 Å². The van der Waals surface area contributed by atoms with Crippen molar-refractivity contribution in [3.8, 4) is 11.8 Å². The van der Waals surface area contributed by atoms with E-state index in [1.807, 2.05) is 12.1 Å². The maximum Gasteiger partial charge on any atom is 0.264 e. The molecule has 0 radical (unpaired) electrons. The molecule has 3 aromatic rings. The molecule has 2 aromatic carbocycles. The van der Waals surface area contributed by atoms with Crippen LogP contribution in [0.5, 0.6) is 5.75 Å². The molecule has 1 amide bonds. The van der Waals surface area contributed by atoms with Crippen molar-refractivity contribution < 1.29 is 9.53 Å². The maximum absolute atomic E-state index is 12.1. The molecule has 0 aliphatic carbocycles. The lowest BCUT2D eigenvalue weighted by Crippen LogP contribution is -2.20. The molecule has 0 atom stereocenters. The van der Waals surface area contributed by atoms with E-state index in [4.69, 9.17) is 44.8 Å². The van der Waals surface area contributed by atoms with Gasteiger partial charge in [-0.1, -0.05) is 70.0 Å². The molecule has 1 aromatic heterocycles. The monoisotopic (exact) mass is 484 g/mol. The first kappa shape index (κ1) is 21.7. The molecule has 0 bridgehead atoms. The van der Waals surface area contributed by atoms with Crippen molar-refractivity contribution in [1.29, 1.82) is 5.26 Å². The lowest BCUT2D eigenvalue weighted by Gasteiger charge is -2.08. The van der Waals surface area contributed by atoms with Gasteiger partial charge in [-0.2, -0.15) is 5.26 Å². The van der Waals surface area contributed by atoms with E-state index in [2.05, 4.69) is 21.6 Å². The average Bonchev–Trinajstić information content (AvgIpc) is 3.15. The third-order valence-electron chi connectivity index (χ3n) is 3.43. The van der Waals surface area contributed by atoms with Crippen molar-refractivity contribution in [3.05, 3.63) is 62.6 Å². The minimum atomic E-state index is -0.410. The van der Waals surface area contributed by atoms with Crippen LogP contribution >= 0.6 is 57.9 Å². The van der Waals surface area contributed by atoms with E-state index >= 15 is 0 Å². The summed E-state index contributed by atoms with van der Waals surface area (Å²) in [4.78, 5) is 12.1. The van der Waals surface area contributed by atoms with Gasteiger partial charge in [0.05, 0.1) is 26.7 Å². The summed E-state index contributed by atoms with van der Waals surface area (Å²) in [7, 11) is 0. The van der Waals surface area contributed by atoms with Crippen molar-refractivity contribution >= 4 is 68.9 Å². The topological polar surface area (TPSA) is 87.9 Å². The van der Waals surface area contributed by atoms with E-state index in [0.717, 1.165) is 5.56 Å². The van der Waals surface area contributed by atoms with Crippen LogP contribution < -0.4 is 10.1 Å². The summed E-state index contributed by atoms with van der Waals surface area (Å²) in [5.74, 6) is 0.520. The molecule has 3 rings (SSSR count). The van der Waals surface area contributed by atoms with E-state index in [1.165, 1.54) is 35.2 Å². The van der Waals surface area contributed by atoms with Gasteiger partial charge >= 0.3 is 0 Å². The second kappa shape index (κ2) is 10.1. The number of nitrogens with one attached hydrogen (secondary N) is 1. The largest absolute Gasteiger partial charge is 0.482 e. The number of hydrogen-bond donors (Lipinski definition) is 1. The van der Waals surface area contributed by atoms with E-state index < -0.39 is 5.91 Å². The summed E-state index contributed by atoms with van der Waals surface area (Å²) in [6.07, 6.45) is 0. The summed E-state index contributed by atoms with van der Waals surface area (Å²) in [5.41, 5.74) is 1.67. The first-order valence-corrected chi connectivity index (χ1v) is 10.9. The van der Waals surface area contributed by atoms with Crippen LogP contribution in [0.4, 0.5) is 5.13 Å². The van der Waals surface area contributed by atoms with Crippen LogP contribution in [-0.4, -0.2) is 22.7 Å². The minimum absolute atomic E-state index is 0.254. The standard InChI is InChI=1S/C18H11Cl3N4O2S2/c19-12-5-14(21)15(6-13(12)20)27-8-16(26)23-17-24-25-18(29-17)28-9-11-3-1-10(7-22)2-4-11/h1-6H,8-9H2,(H,23,24,26). The van der Waals surface area contributed by atoms with E-state index in [9.17, 15) is 4.79 Å². The molecule has 0 spiro atoms. The number of carbonyl (C=O) groups excluding carboxylic acids is 1. The van der Waals surface area contributed by atoms with Gasteiger partial charge in [-0.3, -0.25) is 10.1 Å². The van der Waals surface area contributed by atoms with Crippen molar-refractivity contribution in [1.82, 2.24) is 10.2 Å². The number of carbonyl (C=O) groups is 1. The van der Waals surface area contributed by atoms with Crippen LogP contribution in [-0.2, 0) is 10.5 Å². The number of rotatable bonds is 7. The number of ether oxygens (including phenoxy) is 1. The van der Waals surface area contributed by atoms with Gasteiger partial charge in [0.2, 0.25) is 5.13 Å². The summed E-state index contributed by atoms with van der Waals surface area (Å²) >= 11 is 20.5. The van der Waals surface area contributed by atoms with Gasteiger partial charge in [0.15, 0.2) is 10.9 Å². The Morgan fingerprint density at radius 3 is 2.59 bits per heavy atom. The normalized spacial score (nSPS) is 10.4. The van der Waals surface area contributed by atoms with Crippen LogP contribution in [0.1, 0.15) is 11.1 Å². The zero-order valence-corrected chi connectivity index (χ0v) is 18.4. The maximum atomic E-state index is 12.1. The number of aromatic nitrogens is 2. The number of halogens is 3. The van der Waals surface area contributed by atoms with Gasteiger partial charge in [-0.25, -0.2) is 0 Å². The Kier molecular flexibility index (Phi) is 7.58. The third-order valence-corrected chi connectivity index (χ3v) is 6.49. The molecule has 0 aliphatic heterocycles. The Bertz CT molecular complexity index is 1070. The highest BCUT2D eigenvalue weighted by molar-refractivity contribution is 8.00. The quantitative estimate of drug-likeness (QED) is 0.263. The number of anilines is 1. The highest BCUT2D eigenvalue weighted by Crippen LogP contribution is 2.34. The first-order valence-electron chi connectivity index (χ1n) is 7.97. The second-order valence-electron chi connectivity index (χ2n) is 5.50. The number of hydrogen-bond acceptors (Lipinski definition) is 7. The molecular formula is C18H11Cl3N4O2S2. The van der Waals surface area contributed by atoms with Crippen molar-refractivity contribution in [3.63, 3.8) is 0 Å². The van der Waals surface area contributed by atoms with Crippen LogP contribution in [0.2, 0.25) is 15.1 Å². The van der Waals surface area contributed by atoms with Crippen LogP contribution in [0.15, 0.2) is 40.7 Å². The number of nitrogens with zero attached hydrogens (tertiary/aromatic N) is 3. The highest BCUT2D eigenvalue weighted by Gasteiger charge is 2.12. The molecule has 1 heterocycles. The Balaban J connectivity index is 1.49. The van der Waals surface area contributed by atoms with Gasteiger partial charge in [0.25, 0.3) is 5.91 Å². The summed E-state index contributed by atoms with van der Waals surface area (Å²) in [6.45, 7) is -0.273. The molecule has 148 valence electrons. The number of benzene rings is 2. The van der Waals surface area contributed by atoms with Crippen LogP contribution in [0.3, 0.4) is 0 Å². The number of amides is 1. The van der Waals surface area contributed by atoms with E-state index in [0.29, 0.717) is 25.8 Å². The predicted octanol–water partition coefficient (Wildman–Crippen LogP) is 5.68. The molecule has 0 saturated heterocycles. The fourth-order valence-corrected chi connectivity index (χ4v) is 4.37. The predicted molar refractivity (Wildman–Crippen MR) is 116 cm³/mol. The molecule has 29 heavy (non-hydrogen) atoms. The fraction of sp³-hybridized carbons (Fsp3) is 0.111. The molecule has 0 aliphatic rings. The number of nitriles is 1. The molecule has 0 unspecified atom stereocenters. The van der Waals surface area contributed by atoms with Crippen LogP contribution in [0.25, 0.3) is 0 Å². The molecule has 11 heteroatoms. The Hall–Kier alpha value is -2.02. The van der Waals surface area contributed by atoms with Crippen molar-refractivity contribution in [2.75, 3.05) is 11.9 Å². The fourth-order valence-electron chi connectivity index (χ4n) is 2.05. The van der Waals surface area contributed by atoms with E-state index in [-0.39, 0.29) is 22.4 Å². The highest BCUT2D eigenvalue weighted by atomic mass is 35.5. The lowest BCUT2D eigenvalue weighted by molar-refractivity contribution is -0.118. The zero-order valence-electron chi connectivity index (χ0n) is 14.5. The molecule has 6 nitrogen and oxygen atoms in total. The van der Waals surface area contributed by atoms with Gasteiger partial charge in [0, 0.05) is 11.8 Å². The van der Waals surface area contributed by atoms with Gasteiger partial charge in [0.1, 0.15) is 5.75 Å². The van der Waals surface area contributed by atoms with E-state index in [1.54, 1.807) is 12.1 Å². The Morgan fingerprint density at radius 1 is 1.14 bits per heavy atom.